The number of ketones is 1. The molecule has 26 heavy (non-hydrogen) atoms. The van der Waals surface area contributed by atoms with Crippen LogP contribution in [-0.4, -0.2) is 36.5 Å². The number of hydrogen-bond acceptors (Lipinski definition) is 6. The maximum Gasteiger partial charge on any atom is 0.311 e. The number of rotatable bonds is 6. The molecule has 0 bridgehead atoms. The molecule has 0 aliphatic carbocycles. The lowest BCUT2D eigenvalue weighted by Gasteiger charge is -2.20. The summed E-state index contributed by atoms with van der Waals surface area (Å²) in [6.07, 6.45) is 0.0195. The number of nitrogens with one attached hydrogen (secondary N) is 1. The summed E-state index contributed by atoms with van der Waals surface area (Å²) < 4.78 is 4.99. The van der Waals surface area contributed by atoms with Crippen molar-refractivity contribution >= 4 is 29.1 Å². The van der Waals surface area contributed by atoms with Crippen LogP contribution in [0.2, 0.25) is 0 Å². The molecule has 136 valence electrons. The SMILES string of the molecule is CC(=N)[C@H](C#N)C(=O)COC(=O)[C@@H]1CC(=O)N(c2cccc(C)c2C)C1. The molecule has 7 nitrogen and oxygen atoms in total. The molecule has 1 N–H and O–H groups in total. The molecule has 1 amide bonds. The van der Waals surface area contributed by atoms with Crippen LogP contribution in [0, 0.1) is 42.4 Å². The molecule has 1 aromatic carbocycles. The number of carbonyl (C=O) groups is 3. The first-order valence-corrected chi connectivity index (χ1v) is 8.26. The standard InChI is InChI=1S/C19H21N3O4/c1-11-5-4-6-16(12(11)2)22-9-14(7-18(22)24)19(25)26-10-17(23)15(8-20)13(3)21/h4-6,14-15,21H,7,9-10H2,1-3H3/t14-,15+/m1/s1. The van der Waals surface area contributed by atoms with E-state index < -0.39 is 30.2 Å². The lowest BCUT2D eigenvalue weighted by atomic mass is 10.0. The van der Waals surface area contributed by atoms with Gasteiger partial charge in [0, 0.05) is 24.4 Å². The average Bonchev–Trinajstić information content (AvgIpc) is 2.97. The number of hydrogen-bond donors (Lipinski definition) is 1. The van der Waals surface area contributed by atoms with Crippen molar-refractivity contribution in [3.05, 3.63) is 29.3 Å². The van der Waals surface area contributed by atoms with Gasteiger partial charge >= 0.3 is 5.97 Å². The summed E-state index contributed by atoms with van der Waals surface area (Å²) >= 11 is 0. The number of amides is 1. The maximum atomic E-state index is 12.3. The number of ether oxygens (including phenoxy) is 1. The van der Waals surface area contributed by atoms with Crippen molar-refractivity contribution in [3.63, 3.8) is 0 Å². The smallest absolute Gasteiger partial charge is 0.311 e. The Morgan fingerprint density at radius 1 is 1.42 bits per heavy atom. The van der Waals surface area contributed by atoms with Gasteiger partial charge in [-0.05, 0) is 38.0 Å². The van der Waals surface area contributed by atoms with Crippen LogP contribution < -0.4 is 4.90 Å². The number of nitrogens with zero attached hydrogens (tertiary/aromatic N) is 2. The normalized spacial score (nSPS) is 17.5. The van der Waals surface area contributed by atoms with Crippen molar-refractivity contribution < 1.29 is 19.1 Å². The van der Waals surface area contributed by atoms with Crippen LogP contribution in [-0.2, 0) is 19.1 Å². The second kappa shape index (κ2) is 7.91. The lowest BCUT2D eigenvalue weighted by Crippen LogP contribution is -2.29. The monoisotopic (exact) mass is 355 g/mol. The highest BCUT2D eigenvalue weighted by Gasteiger charge is 2.37. The van der Waals surface area contributed by atoms with Crippen LogP contribution >= 0.6 is 0 Å². The minimum Gasteiger partial charge on any atom is -0.457 e. The molecule has 1 fully saturated rings. The van der Waals surface area contributed by atoms with Crippen LogP contribution in [0.3, 0.4) is 0 Å². The van der Waals surface area contributed by atoms with Crippen LogP contribution in [0.5, 0.6) is 0 Å². The van der Waals surface area contributed by atoms with Gasteiger partial charge in [0.15, 0.2) is 12.4 Å². The molecule has 1 aliphatic rings. The molecule has 0 aromatic heterocycles. The molecule has 1 aliphatic heterocycles. The van der Waals surface area contributed by atoms with E-state index in [9.17, 15) is 14.4 Å². The Morgan fingerprint density at radius 2 is 2.12 bits per heavy atom. The molecule has 7 heteroatoms. The van der Waals surface area contributed by atoms with E-state index in [4.69, 9.17) is 15.4 Å². The van der Waals surface area contributed by atoms with Crippen LogP contribution in [0.4, 0.5) is 5.69 Å². The minimum absolute atomic E-state index is 0.0195. The molecule has 2 rings (SSSR count). The fourth-order valence-corrected chi connectivity index (χ4v) is 2.88. The number of Topliss-reactive ketones (excluding diaryl/α,β-unsaturated/α-hetero) is 1. The summed E-state index contributed by atoms with van der Waals surface area (Å²) in [7, 11) is 0. The van der Waals surface area contributed by atoms with E-state index in [1.165, 1.54) is 6.92 Å². The van der Waals surface area contributed by atoms with E-state index in [1.54, 1.807) is 11.0 Å². The third kappa shape index (κ3) is 3.97. The Bertz CT molecular complexity index is 809. The van der Waals surface area contributed by atoms with Crippen LogP contribution in [0.1, 0.15) is 24.5 Å². The summed E-state index contributed by atoms with van der Waals surface area (Å²) in [5, 5.41) is 16.3. The number of carbonyl (C=O) groups excluding carboxylic acids is 3. The van der Waals surface area contributed by atoms with Gasteiger partial charge in [-0.2, -0.15) is 5.26 Å². The molecule has 1 heterocycles. The summed E-state index contributed by atoms with van der Waals surface area (Å²) in [4.78, 5) is 37.9. The molecule has 2 atom stereocenters. The van der Waals surface area contributed by atoms with Gasteiger partial charge in [-0.1, -0.05) is 12.1 Å². The predicted molar refractivity (Wildman–Crippen MR) is 94.8 cm³/mol. The quantitative estimate of drug-likeness (QED) is 0.619. The van der Waals surface area contributed by atoms with Crippen molar-refractivity contribution in [3.8, 4) is 6.07 Å². The van der Waals surface area contributed by atoms with Gasteiger partial charge in [-0.25, -0.2) is 0 Å². The molecule has 0 unspecified atom stereocenters. The zero-order valence-corrected chi connectivity index (χ0v) is 15.0. The fourth-order valence-electron chi connectivity index (χ4n) is 2.88. The Hall–Kier alpha value is -3.01. The third-order valence-corrected chi connectivity index (χ3v) is 4.57. The Balaban J connectivity index is 2.01. The topological polar surface area (TPSA) is 111 Å². The van der Waals surface area contributed by atoms with Gasteiger partial charge in [-0.3, -0.25) is 14.4 Å². The highest BCUT2D eigenvalue weighted by Crippen LogP contribution is 2.29. The number of benzene rings is 1. The number of anilines is 1. The van der Waals surface area contributed by atoms with Gasteiger partial charge in [0.25, 0.3) is 0 Å². The first-order valence-electron chi connectivity index (χ1n) is 8.26. The highest BCUT2D eigenvalue weighted by atomic mass is 16.5. The van der Waals surface area contributed by atoms with E-state index in [0.717, 1.165) is 16.8 Å². The Kier molecular flexibility index (Phi) is 5.88. The maximum absolute atomic E-state index is 12.3. The first-order chi connectivity index (χ1) is 12.3. The zero-order chi connectivity index (χ0) is 19.4. The van der Waals surface area contributed by atoms with Crippen LogP contribution in [0.25, 0.3) is 0 Å². The molecule has 1 aromatic rings. The zero-order valence-electron chi connectivity index (χ0n) is 15.0. The van der Waals surface area contributed by atoms with Crippen molar-refractivity contribution in [2.24, 2.45) is 11.8 Å². The second-order valence-electron chi connectivity index (χ2n) is 6.44. The van der Waals surface area contributed by atoms with E-state index in [0.29, 0.717) is 0 Å². The predicted octanol–water partition coefficient (Wildman–Crippen LogP) is 1.95. The van der Waals surface area contributed by atoms with E-state index >= 15 is 0 Å². The van der Waals surface area contributed by atoms with Crippen molar-refractivity contribution in [2.75, 3.05) is 18.1 Å². The number of esters is 1. The Morgan fingerprint density at radius 3 is 2.73 bits per heavy atom. The first kappa shape index (κ1) is 19.3. The summed E-state index contributed by atoms with van der Waals surface area (Å²) in [6, 6.07) is 7.36. The summed E-state index contributed by atoms with van der Waals surface area (Å²) in [5.74, 6) is -3.31. The summed E-state index contributed by atoms with van der Waals surface area (Å²) in [5.41, 5.74) is 2.70. The van der Waals surface area contributed by atoms with Gasteiger partial charge in [0.05, 0.1) is 12.0 Å². The van der Waals surface area contributed by atoms with E-state index in [1.807, 2.05) is 32.0 Å². The highest BCUT2D eigenvalue weighted by molar-refractivity contribution is 6.06. The van der Waals surface area contributed by atoms with Gasteiger partial charge in [-0.15, -0.1) is 0 Å². The lowest BCUT2D eigenvalue weighted by molar-refractivity contribution is -0.152. The van der Waals surface area contributed by atoms with E-state index in [-0.39, 0.29) is 24.6 Å². The molecular formula is C19H21N3O4. The van der Waals surface area contributed by atoms with Crippen molar-refractivity contribution in [1.82, 2.24) is 0 Å². The number of nitriles is 1. The molecular weight excluding hydrogens is 334 g/mol. The van der Waals surface area contributed by atoms with E-state index in [2.05, 4.69) is 0 Å². The minimum atomic E-state index is -1.21. The van der Waals surface area contributed by atoms with Gasteiger partial charge < -0.3 is 15.0 Å². The second-order valence-corrected chi connectivity index (χ2v) is 6.44. The molecule has 1 saturated heterocycles. The summed E-state index contributed by atoms with van der Waals surface area (Å²) in [6.45, 7) is 4.85. The van der Waals surface area contributed by atoms with Gasteiger partial charge in [0.2, 0.25) is 5.91 Å². The molecule has 0 saturated carbocycles. The average molecular weight is 355 g/mol. The third-order valence-electron chi connectivity index (χ3n) is 4.57. The molecule has 0 radical (unpaired) electrons. The largest absolute Gasteiger partial charge is 0.457 e. The molecule has 0 spiro atoms. The van der Waals surface area contributed by atoms with Gasteiger partial charge in [0.1, 0.15) is 5.92 Å². The van der Waals surface area contributed by atoms with Crippen molar-refractivity contribution in [2.45, 2.75) is 27.2 Å². The van der Waals surface area contributed by atoms with Crippen molar-refractivity contribution in [1.29, 1.82) is 10.7 Å². The Labute approximate surface area is 152 Å². The fraction of sp³-hybridized carbons (Fsp3) is 0.421. The number of aryl methyl sites for hydroxylation is 1. The van der Waals surface area contributed by atoms with Crippen LogP contribution in [0.15, 0.2) is 18.2 Å².